The molecule has 0 saturated heterocycles. The fourth-order valence-electron chi connectivity index (χ4n) is 2.42. The highest BCUT2D eigenvalue weighted by Crippen LogP contribution is 2.27. The summed E-state index contributed by atoms with van der Waals surface area (Å²) in [6.45, 7) is 7.84. The lowest BCUT2D eigenvalue weighted by atomic mass is 9.99. The third-order valence-electron chi connectivity index (χ3n) is 3.44. The van der Waals surface area contributed by atoms with Gasteiger partial charge in [0, 0.05) is 11.8 Å². The van der Waals surface area contributed by atoms with E-state index >= 15 is 0 Å². The number of rotatable bonds is 7. The zero-order valence-electron chi connectivity index (χ0n) is 12.7. The van der Waals surface area contributed by atoms with Crippen LogP contribution in [0.4, 0.5) is 0 Å². The van der Waals surface area contributed by atoms with Crippen molar-refractivity contribution in [2.75, 3.05) is 12.3 Å². The van der Waals surface area contributed by atoms with Crippen molar-refractivity contribution in [3.8, 4) is 0 Å². The zero-order chi connectivity index (χ0) is 14.4. The maximum Gasteiger partial charge on any atom is 0.0418 e. The van der Waals surface area contributed by atoms with Crippen LogP contribution < -0.4 is 5.32 Å². The first-order chi connectivity index (χ1) is 9.72. The molecule has 1 nitrogen and oxygen atoms in total. The first-order valence-electron chi connectivity index (χ1n) is 7.55. The molecule has 0 spiro atoms. The molecule has 0 aliphatic carbocycles. The average Bonchev–Trinajstić information content (AvgIpc) is 2.47. The fraction of sp³-hybridized carbons (Fsp3) is 0.444. The van der Waals surface area contributed by atoms with Gasteiger partial charge in [0.05, 0.1) is 0 Å². The summed E-state index contributed by atoms with van der Waals surface area (Å²) in [6, 6.07) is 15.8. The van der Waals surface area contributed by atoms with E-state index in [0.717, 1.165) is 12.3 Å². The second-order valence-electron chi connectivity index (χ2n) is 5.46. The fourth-order valence-corrected chi connectivity index (χ4v) is 3.29. The van der Waals surface area contributed by atoms with Gasteiger partial charge in [-0.2, -0.15) is 11.8 Å². The van der Waals surface area contributed by atoms with Gasteiger partial charge in [-0.3, -0.25) is 0 Å². The molecule has 0 aliphatic rings. The molecule has 1 atom stereocenters. The van der Waals surface area contributed by atoms with Gasteiger partial charge in [0.1, 0.15) is 0 Å². The molecule has 1 N–H and O–H groups in total. The summed E-state index contributed by atoms with van der Waals surface area (Å²) in [6.07, 6.45) is 1.17. The lowest BCUT2D eigenvalue weighted by molar-refractivity contribution is 0.580. The Hall–Kier alpha value is -0.990. The van der Waals surface area contributed by atoms with Gasteiger partial charge in [-0.25, -0.2) is 0 Å². The Kier molecular flexibility index (Phi) is 5.93. The minimum atomic E-state index is 0.438. The second-order valence-corrected chi connectivity index (χ2v) is 7.07. The van der Waals surface area contributed by atoms with Crippen molar-refractivity contribution in [3.05, 3.63) is 48.0 Å². The predicted molar refractivity (Wildman–Crippen MR) is 92.6 cm³/mol. The molecular weight excluding hydrogens is 262 g/mol. The molecule has 0 radical (unpaired) electrons. The van der Waals surface area contributed by atoms with E-state index in [2.05, 4.69) is 68.6 Å². The van der Waals surface area contributed by atoms with Gasteiger partial charge in [0.25, 0.3) is 0 Å². The standard InChI is InChI=1S/C18H25NS/c1-4-12-19-18(13-20-14(2)3)17-11-7-9-15-8-5-6-10-16(15)17/h5-11,14,18-19H,4,12-13H2,1-3H3. The molecule has 2 rings (SSSR count). The van der Waals surface area contributed by atoms with Crippen LogP contribution in [0.5, 0.6) is 0 Å². The molecule has 2 aromatic carbocycles. The number of hydrogen-bond acceptors (Lipinski definition) is 2. The van der Waals surface area contributed by atoms with Gasteiger partial charge in [0.15, 0.2) is 0 Å². The predicted octanol–water partition coefficient (Wildman–Crippen LogP) is 5.02. The second kappa shape index (κ2) is 7.70. The van der Waals surface area contributed by atoms with Crippen LogP contribution in [0.2, 0.25) is 0 Å². The van der Waals surface area contributed by atoms with Crippen LogP contribution in [0.15, 0.2) is 42.5 Å². The summed E-state index contributed by atoms with van der Waals surface area (Å²) in [5.41, 5.74) is 1.43. The molecule has 0 saturated carbocycles. The lowest BCUT2D eigenvalue weighted by Crippen LogP contribution is -2.24. The molecule has 0 bridgehead atoms. The van der Waals surface area contributed by atoms with Crippen LogP contribution >= 0.6 is 11.8 Å². The minimum Gasteiger partial charge on any atom is -0.309 e. The van der Waals surface area contributed by atoms with Crippen molar-refractivity contribution >= 4 is 22.5 Å². The third-order valence-corrected chi connectivity index (χ3v) is 4.63. The van der Waals surface area contributed by atoms with E-state index in [-0.39, 0.29) is 0 Å². The number of thioether (sulfide) groups is 1. The zero-order valence-corrected chi connectivity index (χ0v) is 13.5. The van der Waals surface area contributed by atoms with Gasteiger partial charge in [-0.1, -0.05) is 63.2 Å². The van der Waals surface area contributed by atoms with Crippen LogP contribution in [-0.4, -0.2) is 17.5 Å². The first-order valence-corrected chi connectivity index (χ1v) is 8.60. The van der Waals surface area contributed by atoms with Crippen LogP contribution in [-0.2, 0) is 0 Å². The molecule has 108 valence electrons. The van der Waals surface area contributed by atoms with E-state index in [9.17, 15) is 0 Å². The molecule has 0 fully saturated rings. The van der Waals surface area contributed by atoms with Crippen molar-refractivity contribution in [1.29, 1.82) is 0 Å². The Balaban J connectivity index is 2.29. The highest BCUT2D eigenvalue weighted by molar-refractivity contribution is 7.99. The van der Waals surface area contributed by atoms with Crippen LogP contribution in [0, 0.1) is 0 Å². The third kappa shape index (κ3) is 4.00. The highest BCUT2D eigenvalue weighted by Gasteiger charge is 2.14. The van der Waals surface area contributed by atoms with Gasteiger partial charge >= 0.3 is 0 Å². The summed E-state index contributed by atoms with van der Waals surface area (Å²) >= 11 is 2.03. The Morgan fingerprint density at radius 1 is 1.05 bits per heavy atom. The van der Waals surface area contributed by atoms with E-state index in [1.54, 1.807) is 0 Å². The normalized spacial score (nSPS) is 13.0. The maximum absolute atomic E-state index is 3.71. The molecule has 0 heterocycles. The highest BCUT2D eigenvalue weighted by atomic mass is 32.2. The minimum absolute atomic E-state index is 0.438. The smallest absolute Gasteiger partial charge is 0.0418 e. The molecule has 20 heavy (non-hydrogen) atoms. The molecule has 0 aromatic heterocycles. The van der Waals surface area contributed by atoms with Crippen LogP contribution in [0.3, 0.4) is 0 Å². The summed E-state index contributed by atoms with van der Waals surface area (Å²) in [4.78, 5) is 0. The van der Waals surface area contributed by atoms with Crippen LogP contribution in [0.1, 0.15) is 38.8 Å². The van der Waals surface area contributed by atoms with E-state index in [1.807, 2.05) is 11.8 Å². The van der Waals surface area contributed by atoms with Gasteiger partial charge < -0.3 is 5.32 Å². The van der Waals surface area contributed by atoms with Gasteiger partial charge in [-0.15, -0.1) is 0 Å². The molecule has 0 amide bonds. The average molecular weight is 287 g/mol. The number of fused-ring (bicyclic) bond motifs is 1. The van der Waals surface area contributed by atoms with Crippen molar-refractivity contribution in [3.63, 3.8) is 0 Å². The summed E-state index contributed by atoms with van der Waals surface area (Å²) in [5, 5.41) is 7.11. The summed E-state index contributed by atoms with van der Waals surface area (Å²) < 4.78 is 0. The molecule has 2 heteroatoms. The van der Waals surface area contributed by atoms with E-state index < -0.39 is 0 Å². The molecule has 1 unspecified atom stereocenters. The summed E-state index contributed by atoms with van der Waals surface area (Å²) in [7, 11) is 0. The van der Waals surface area contributed by atoms with Crippen molar-refractivity contribution in [2.24, 2.45) is 0 Å². The first kappa shape index (κ1) is 15.4. The quantitative estimate of drug-likeness (QED) is 0.767. The Labute approximate surface area is 127 Å². The maximum atomic E-state index is 3.71. The van der Waals surface area contributed by atoms with Gasteiger partial charge in [-0.05, 0) is 34.6 Å². The van der Waals surface area contributed by atoms with E-state index in [1.165, 1.54) is 22.8 Å². The monoisotopic (exact) mass is 287 g/mol. The lowest BCUT2D eigenvalue weighted by Gasteiger charge is -2.21. The SMILES string of the molecule is CCCNC(CSC(C)C)c1cccc2ccccc12. The number of benzene rings is 2. The van der Waals surface area contributed by atoms with Crippen molar-refractivity contribution in [2.45, 2.75) is 38.5 Å². The van der Waals surface area contributed by atoms with Crippen molar-refractivity contribution < 1.29 is 0 Å². The van der Waals surface area contributed by atoms with Gasteiger partial charge in [0.2, 0.25) is 0 Å². The molecular formula is C18H25NS. The number of nitrogens with one attached hydrogen (secondary N) is 1. The summed E-state index contributed by atoms with van der Waals surface area (Å²) in [5.74, 6) is 1.13. The topological polar surface area (TPSA) is 12.0 Å². The largest absolute Gasteiger partial charge is 0.309 e. The Morgan fingerprint density at radius 2 is 1.80 bits per heavy atom. The van der Waals surface area contributed by atoms with Crippen molar-refractivity contribution in [1.82, 2.24) is 5.32 Å². The Morgan fingerprint density at radius 3 is 2.55 bits per heavy atom. The Bertz CT molecular complexity index is 530. The molecule has 2 aromatic rings. The number of hydrogen-bond donors (Lipinski definition) is 1. The molecule has 0 aliphatic heterocycles. The van der Waals surface area contributed by atoms with E-state index in [0.29, 0.717) is 11.3 Å². The van der Waals surface area contributed by atoms with Crippen LogP contribution in [0.25, 0.3) is 10.8 Å². The van der Waals surface area contributed by atoms with E-state index in [4.69, 9.17) is 0 Å².